The molecule has 2 N–H and O–H groups in total. The Morgan fingerprint density at radius 2 is 1.71 bits per heavy atom. The second-order valence-electron chi connectivity index (χ2n) is 6.91. The zero-order valence-electron chi connectivity index (χ0n) is 16.9. The van der Waals surface area contributed by atoms with Crippen molar-refractivity contribution in [1.82, 2.24) is 0 Å². The van der Waals surface area contributed by atoms with Gasteiger partial charge in [-0.3, -0.25) is 0 Å². The fraction of sp³-hybridized carbons (Fsp3) is 0.625. The third kappa shape index (κ3) is 2.96. The van der Waals surface area contributed by atoms with Gasteiger partial charge in [-0.05, 0) is 45.6 Å². The van der Waals surface area contributed by atoms with Crippen molar-refractivity contribution in [3.8, 4) is 0 Å². The number of aryl methyl sites for hydroxylation is 1. The Balaban J connectivity index is 2.65. The molecular weight excluding hydrogens is 324 g/mol. The summed E-state index contributed by atoms with van der Waals surface area (Å²) in [6.07, 6.45) is -5.17. The molecule has 1 fully saturated rings. The molecule has 1 aromatic rings. The lowest BCUT2D eigenvalue weighted by Crippen LogP contribution is -2.47. The molecule has 1 aliphatic rings. The average Bonchev–Trinajstić information content (AvgIpc) is 2.72. The molecule has 0 unspecified atom stereocenters. The second kappa shape index (κ2) is 5.73. The minimum Gasteiger partial charge on any atom is -0.399 e. The quantitative estimate of drug-likeness (QED) is 0.820. The van der Waals surface area contributed by atoms with Gasteiger partial charge in [-0.25, -0.2) is 0 Å². The van der Waals surface area contributed by atoms with Crippen LogP contribution in [0.5, 0.6) is 0 Å². The zero-order valence-corrected chi connectivity index (χ0v) is 13.9. The summed E-state index contributed by atoms with van der Waals surface area (Å²) in [5.41, 5.74) is -6.35. The molecule has 0 aromatic heterocycles. The molecule has 1 atom stereocenters. The van der Waals surface area contributed by atoms with E-state index >= 15 is 0 Å². The fourth-order valence-corrected chi connectivity index (χ4v) is 2.33. The zero-order chi connectivity index (χ0) is 21.1. The fourth-order valence-electron chi connectivity index (χ4n) is 2.33. The minimum absolute atomic E-state index is 0.151. The molecule has 8 heteroatoms. The summed E-state index contributed by atoms with van der Waals surface area (Å²) in [5.74, 6) is 0. The summed E-state index contributed by atoms with van der Waals surface area (Å²) in [6, 6.07) is 2.67. The van der Waals surface area contributed by atoms with E-state index in [-0.39, 0.29) is 11.0 Å². The number of hydrogen-bond donors (Lipinski definition) is 2. The van der Waals surface area contributed by atoms with Crippen LogP contribution in [0, 0.1) is 6.85 Å². The Morgan fingerprint density at radius 1 is 1.17 bits per heavy atom. The highest BCUT2D eigenvalue weighted by atomic mass is 19.4. The van der Waals surface area contributed by atoms with Gasteiger partial charge in [-0.15, -0.1) is 0 Å². The Kier molecular flexibility index (Phi) is 3.62. The molecule has 0 amide bonds. The normalized spacial score (nSPS) is 24.9. The molecule has 24 heavy (non-hydrogen) atoms. The molecule has 0 aliphatic carbocycles. The first kappa shape index (κ1) is 15.2. The van der Waals surface area contributed by atoms with Crippen LogP contribution in [0.2, 0.25) is 0 Å². The smallest absolute Gasteiger partial charge is 0.399 e. The van der Waals surface area contributed by atoms with Crippen molar-refractivity contribution in [2.45, 2.75) is 57.5 Å². The van der Waals surface area contributed by atoms with Gasteiger partial charge in [0.15, 0.2) is 0 Å². The molecule has 1 aromatic carbocycles. The highest BCUT2D eigenvalue weighted by molar-refractivity contribution is 6.62. The lowest BCUT2D eigenvalue weighted by atomic mass is 9.74. The topological polar surface area (TPSA) is 58.9 Å². The molecule has 0 saturated carbocycles. The molecule has 0 bridgehead atoms. The molecule has 1 aliphatic heterocycles. The Labute approximate surface area is 143 Å². The molecular formula is C16H22BF3O4. The summed E-state index contributed by atoms with van der Waals surface area (Å²) in [5, 5.41) is 19.2. The molecule has 1 saturated heterocycles. The van der Waals surface area contributed by atoms with E-state index in [1.54, 1.807) is 27.7 Å². The monoisotopic (exact) mass is 349 g/mol. The Hall–Kier alpha value is -1.09. The maximum Gasteiger partial charge on any atom is 0.495 e. The van der Waals surface area contributed by atoms with E-state index in [0.717, 1.165) is 18.2 Å². The first-order chi connectivity index (χ1) is 12.0. The summed E-state index contributed by atoms with van der Waals surface area (Å²) < 4.78 is 74.4. The van der Waals surface area contributed by atoms with Crippen molar-refractivity contribution in [2.75, 3.05) is 6.61 Å². The van der Waals surface area contributed by atoms with Crippen LogP contribution in [-0.4, -0.2) is 41.3 Å². The number of alkyl halides is 3. The summed E-state index contributed by atoms with van der Waals surface area (Å²) in [7, 11) is -1.25. The standard InChI is InChI=1S/C16H22BF3O4/c1-10-6-7-11(15(22,9-21)16(18,19)20)8-12(10)17-23-13(2,3)14(4,5)24-17/h6-8,21-22H,9H2,1-5H3/t15-/m0/s1/i1D3. The van der Waals surface area contributed by atoms with Crippen LogP contribution in [-0.2, 0) is 14.9 Å². The number of hydrogen-bond acceptors (Lipinski definition) is 4. The van der Waals surface area contributed by atoms with E-state index in [0.29, 0.717) is 0 Å². The summed E-state index contributed by atoms with van der Waals surface area (Å²) >= 11 is 0. The lowest BCUT2D eigenvalue weighted by Gasteiger charge is -2.32. The van der Waals surface area contributed by atoms with Gasteiger partial charge in [0, 0.05) is 4.11 Å². The van der Waals surface area contributed by atoms with Crippen molar-refractivity contribution >= 4 is 12.6 Å². The van der Waals surface area contributed by atoms with E-state index in [1.165, 1.54) is 0 Å². The number of rotatable bonds is 3. The molecule has 4 nitrogen and oxygen atoms in total. The molecule has 0 radical (unpaired) electrons. The molecule has 134 valence electrons. The van der Waals surface area contributed by atoms with Crippen molar-refractivity contribution < 1.29 is 36.8 Å². The largest absolute Gasteiger partial charge is 0.495 e. The number of aliphatic hydroxyl groups is 2. The predicted octanol–water partition coefficient (Wildman–Crippen LogP) is 2.04. The summed E-state index contributed by atoms with van der Waals surface area (Å²) in [4.78, 5) is 0. The van der Waals surface area contributed by atoms with E-state index in [4.69, 9.17) is 13.4 Å². The maximum absolute atomic E-state index is 13.3. The maximum atomic E-state index is 13.3. The van der Waals surface area contributed by atoms with Crippen LogP contribution in [0.25, 0.3) is 0 Å². The second-order valence-corrected chi connectivity index (χ2v) is 6.91. The minimum atomic E-state index is -5.17. The van der Waals surface area contributed by atoms with Crippen LogP contribution < -0.4 is 5.46 Å². The Morgan fingerprint density at radius 3 is 2.12 bits per heavy atom. The van der Waals surface area contributed by atoms with Crippen LogP contribution in [0.4, 0.5) is 13.2 Å². The van der Waals surface area contributed by atoms with Gasteiger partial charge >= 0.3 is 13.3 Å². The third-order valence-corrected chi connectivity index (χ3v) is 4.73. The van der Waals surface area contributed by atoms with Gasteiger partial charge < -0.3 is 19.5 Å². The van der Waals surface area contributed by atoms with Crippen LogP contribution in [0.1, 0.15) is 42.9 Å². The number of halogens is 3. The predicted molar refractivity (Wildman–Crippen MR) is 83.9 cm³/mol. The van der Waals surface area contributed by atoms with E-state index in [9.17, 15) is 23.4 Å². The van der Waals surface area contributed by atoms with Crippen molar-refractivity contribution in [2.24, 2.45) is 0 Å². The van der Waals surface area contributed by atoms with Crippen LogP contribution >= 0.6 is 0 Å². The first-order valence-corrected chi connectivity index (χ1v) is 7.37. The van der Waals surface area contributed by atoms with E-state index in [2.05, 4.69) is 0 Å². The van der Waals surface area contributed by atoms with Crippen molar-refractivity contribution in [1.29, 1.82) is 0 Å². The Bertz CT molecular complexity index is 706. The summed E-state index contributed by atoms with van der Waals surface area (Å²) in [6.45, 7) is 2.59. The van der Waals surface area contributed by atoms with Crippen molar-refractivity contribution in [3.63, 3.8) is 0 Å². The van der Waals surface area contributed by atoms with E-state index in [1.807, 2.05) is 0 Å². The van der Waals surface area contributed by atoms with Gasteiger partial charge in [0.2, 0.25) is 5.60 Å². The molecule has 0 spiro atoms. The molecule has 2 rings (SSSR count). The van der Waals surface area contributed by atoms with Gasteiger partial charge in [0.25, 0.3) is 0 Å². The van der Waals surface area contributed by atoms with Gasteiger partial charge in [0.05, 0.1) is 17.8 Å². The first-order valence-electron chi connectivity index (χ1n) is 8.87. The number of benzene rings is 1. The van der Waals surface area contributed by atoms with Crippen molar-refractivity contribution in [3.05, 3.63) is 29.3 Å². The van der Waals surface area contributed by atoms with E-state index < -0.39 is 49.1 Å². The van der Waals surface area contributed by atoms with Gasteiger partial charge in [0.1, 0.15) is 0 Å². The van der Waals surface area contributed by atoms with Crippen LogP contribution in [0.3, 0.4) is 0 Å². The lowest BCUT2D eigenvalue weighted by molar-refractivity contribution is -0.277. The highest BCUT2D eigenvalue weighted by Crippen LogP contribution is 2.40. The number of aliphatic hydroxyl groups excluding tert-OH is 1. The van der Waals surface area contributed by atoms with Gasteiger partial charge in [-0.2, -0.15) is 13.2 Å². The van der Waals surface area contributed by atoms with Crippen LogP contribution in [0.15, 0.2) is 18.2 Å². The average molecular weight is 349 g/mol. The third-order valence-electron chi connectivity index (χ3n) is 4.73. The molecule has 1 heterocycles. The highest BCUT2D eigenvalue weighted by Gasteiger charge is 2.56. The van der Waals surface area contributed by atoms with Gasteiger partial charge in [-0.1, -0.05) is 23.8 Å². The SMILES string of the molecule is [2H]C([2H])([2H])c1ccc([C@@](O)(CO)C(F)(F)F)cc1B1OC(C)(C)C(C)(C)O1.